The minimum Gasteiger partial charge on any atom is -0.493 e. The first kappa shape index (κ1) is 23.6. The summed E-state index contributed by atoms with van der Waals surface area (Å²) < 4.78 is 15.6. The minimum absolute atomic E-state index is 0.143. The van der Waals surface area contributed by atoms with Crippen LogP contribution in [0, 0.1) is 0 Å². The van der Waals surface area contributed by atoms with Crippen molar-refractivity contribution in [3.63, 3.8) is 0 Å². The van der Waals surface area contributed by atoms with Gasteiger partial charge in [0.05, 0.1) is 20.3 Å². The van der Waals surface area contributed by atoms with Crippen molar-refractivity contribution in [3.8, 4) is 17.5 Å². The SMILES string of the molecule is COc1ccccc1Oc1nc2c(c(=O)n(CCCON)c(=O)n2C)n1Cc1ccc(Cl)cc1. The van der Waals surface area contributed by atoms with Crippen molar-refractivity contribution in [1.29, 1.82) is 0 Å². The van der Waals surface area contributed by atoms with Crippen LogP contribution in [0.2, 0.25) is 5.02 Å². The zero-order valence-electron chi connectivity index (χ0n) is 18.7. The molecule has 2 aromatic heterocycles. The number of aryl methyl sites for hydroxylation is 1. The van der Waals surface area contributed by atoms with Crippen molar-refractivity contribution in [1.82, 2.24) is 18.7 Å². The molecule has 0 saturated heterocycles. The number of para-hydroxylation sites is 2. The molecule has 0 unspecified atom stereocenters. The summed E-state index contributed by atoms with van der Waals surface area (Å²) in [6.07, 6.45) is 0.396. The summed E-state index contributed by atoms with van der Waals surface area (Å²) in [5.74, 6) is 6.01. The molecule has 0 radical (unpaired) electrons. The number of nitrogens with two attached hydrogens (primary N) is 1. The first-order chi connectivity index (χ1) is 16.4. The summed E-state index contributed by atoms with van der Waals surface area (Å²) in [6.45, 7) is 0.616. The molecule has 2 heterocycles. The fourth-order valence-electron chi connectivity index (χ4n) is 3.65. The van der Waals surface area contributed by atoms with Crippen LogP contribution < -0.4 is 26.6 Å². The molecular formula is C23H24ClN5O5. The standard InChI is InChI=1S/C23H24ClN5O5/c1-27-20-19(21(30)28(23(27)31)12-5-13-33-25)29(14-15-8-10-16(24)11-9-15)22(26-20)34-18-7-4-3-6-17(18)32-2/h3-4,6-11H,5,12-14,25H2,1-2H3. The van der Waals surface area contributed by atoms with Gasteiger partial charge in [0.25, 0.3) is 5.56 Å². The number of hydrogen-bond acceptors (Lipinski definition) is 7. The second-order valence-electron chi connectivity index (χ2n) is 7.55. The molecule has 11 heteroatoms. The molecule has 0 atom stereocenters. The van der Waals surface area contributed by atoms with Crippen LogP contribution in [0.15, 0.2) is 58.1 Å². The molecule has 0 fully saturated rings. The van der Waals surface area contributed by atoms with Gasteiger partial charge in [0.1, 0.15) is 0 Å². The number of fused-ring (bicyclic) bond motifs is 1. The highest BCUT2D eigenvalue weighted by molar-refractivity contribution is 6.30. The van der Waals surface area contributed by atoms with Gasteiger partial charge in [0, 0.05) is 18.6 Å². The lowest BCUT2D eigenvalue weighted by atomic mass is 10.2. The van der Waals surface area contributed by atoms with E-state index >= 15 is 0 Å². The Morgan fingerprint density at radius 2 is 1.74 bits per heavy atom. The van der Waals surface area contributed by atoms with Gasteiger partial charge in [0.2, 0.25) is 0 Å². The second kappa shape index (κ2) is 10.1. The van der Waals surface area contributed by atoms with Crippen LogP contribution in [0.25, 0.3) is 11.2 Å². The van der Waals surface area contributed by atoms with Gasteiger partial charge in [-0.15, -0.1) is 0 Å². The molecule has 2 aromatic carbocycles. The molecule has 4 rings (SSSR count). The average Bonchev–Trinajstić information content (AvgIpc) is 3.19. The van der Waals surface area contributed by atoms with E-state index in [4.69, 9.17) is 27.0 Å². The van der Waals surface area contributed by atoms with Crippen LogP contribution in [-0.4, -0.2) is 32.4 Å². The van der Waals surface area contributed by atoms with E-state index in [2.05, 4.69) is 9.82 Å². The molecule has 0 saturated carbocycles. The average molecular weight is 486 g/mol. The Morgan fingerprint density at radius 1 is 1.03 bits per heavy atom. The minimum atomic E-state index is -0.491. The van der Waals surface area contributed by atoms with Crippen LogP contribution in [0.3, 0.4) is 0 Å². The van der Waals surface area contributed by atoms with Crippen molar-refractivity contribution >= 4 is 22.8 Å². The van der Waals surface area contributed by atoms with Gasteiger partial charge in [-0.25, -0.2) is 10.7 Å². The molecule has 4 aromatic rings. The van der Waals surface area contributed by atoms with Crippen molar-refractivity contribution in [3.05, 3.63) is 80.0 Å². The predicted molar refractivity (Wildman–Crippen MR) is 128 cm³/mol. The first-order valence-corrected chi connectivity index (χ1v) is 10.9. The van der Waals surface area contributed by atoms with Crippen molar-refractivity contribution in [2.45, 2.75) is 19.5 Å². The summed E-state index contributed by atoms with van der Waals surface area (Å²) >= 11 is 6.04. The summed E-state index contributed by atoms with van der Waals surface area (Å²) in [5, 5.41) is 0.594. The number of nitrogens with zero attached hydrogens (tertiary/aromatic N) is 4. The fraction of sp³-hybridized carbons (Fsp3) is 0.261. The maximum atomic E-state index is 13.5. The highest BCUT2D eigenvalue weighted by atomic mass is 35.5. The quantitative estimate of drug-likeness (QED) is 0.286. The van der Waals surface area contributed by atoms with Gasteiger partial charge >= 0.3 is 11.7 Å². The highest BCUT2D eigenvalue weighted by Crippen LogP contribution is 2.32. The van der Waals surface area contributed by atoms with Gasteiger partial charge in [-0.3, -0.25) is 18.5 Å². The normalized spacial score (nSPS) is 11.2. The third-order valence-electron chi connectivity index (χ3n) is 5.37. The number of methoxy groups -OCH3 is 1. The van der Waals surface area contributed by atoms with E-state index in [9.17, 15) is 9.59 Å². The smallest absolute Gasteiger partial charge is 0.332 e. The van der Waals surface area contributed by atoms with E-state index < -0.39 is 11.2 Å². The maximum Gasteiger partial charge on any atom is 0.332 e. The molecule has 0 spiro atoms. The van der Waals surface area contributed by atoms with Crippen LogP contribution in [0.5, 0.6) is 17.5 Å². The van der Waals surface area contributed by atoms with Crippen molar-refractivity contribution < 1.29 is 14.3 Å². The van der Waals surface area contributed by atoms with E-state index in [0.29, 0.717) is 22.9 Å². The maximum absolute atomic E-state index is 13.5. The summed E-state index contributed by atoms with van der Waals surface area (Å²) in [5.41, 5.74) is 0.335. The molecule has 0 bridgehead atoms. The zero-order valence-corrected chi connectivity index (χ0v) is 19.5. The highest BCUT2D eigenvalue weighted by Gasteiger charge is 2.22. The lowest BCUT2D eigenvalue weighted by Gasteiger charge is -2.12. The third kappa shape index (κ3) is 4.56. The monoisotopic (exact) mass is 485 g/mol. The zero-order chi connectivity index (χ0) is 24.2. The molecule has 0 aliphatic carbocycles. The van der Waals surface area contributed by atoms with Gasteiger partial charge in [-0.05, 0) is 36.2 Å². The van der Waals surface area contributed by atoms with Crippen LogP contribution >= 0.6 is 11.6 Å². The van der Waals surface area contributed by atoms with Crippen molar-refractivity contribution in [2.75, 3.05) is 13.7 Å². The van der Waals surface area contributed by atoms with Crippen LogP contribution in [-0.2, 0) is 25.0 Å². The molecular weight excluding hydrogens is 462 g/mol. The fourth-order valence-corrected chi connectivity index (χ4v) is 3.78. The molecule has 34 heavy (non-hydrogen) atoms. The number of aromatic nitrogens is 4. The van der Waals surface area contributed by atoms with Gasteiger partial charge in [-0.2, -0.15) is 4.98 Å². The number of halogens is 1. The van der Waals surface area contributed by atoms with E-state index in [1.165, 1.54) is 11.7 Å². The number of imidazole rings is 1. The van der Waals surface area contributed by atoms with Gasteiger partial charge in [0.15, 0.2) is 22.7 Å². The Hall–Kier alpha value is -3.60. The summed E-state index contributed by atoms with van der Waals surface area (Å²) in [4.78, 5) is 35.5. The number of hydrogen-bond donors (Lipinski definition) is 1. The van der Waals surface area contributed by atoms with Gasteiger partial charge in [-0.1, -0.05) is 35.9 Å². The van der Waals surface area contributed by atoms with E-state index in [-0.39, 0.29) is 36.9 Å². The first-order valence-electron chi connectivity index (χ1n) is 10.5. The largest absolute Gasteiger partial charge is 0.493 e. The second-order valence-corrected chi connectivity index (χ2v) is 7.99. The summed E-state index contributed by atoms with van der Waals surface area (Å²) in [7, 11) is 3.10. The van der Waals surface area contributed by atoms with Crippen molar-refractivity contribution in [2.24, 2.45) is 12.9 Å². The number of ether oxygens (including phenoxy) is 2. The molecule has 0 aliphatic heterocycles. The number of rotatable bonds is 9. The molecule has 0 aliphatic rings. The van der Waals surface area contributed by atoms with E-state index in [1.807, 2.05) is 18.2 Å². The Bertz CT molecular complexity index is 1420. The Kier molecular flexibility index (Phi) is 7.01. The lowest BCUT2D eigenvalue weighted by molar-refractivity contribution is 0.131. The van der Waals surface area contributed by atoms with E-state index in [0.717, 1.165) is 10.1 Å². The van der Waals surface area contributed by atoms with E-state index in [1.54, 1.807) is 41.9 Å². The van der Waals surface area contributed by atoms with Gasteiger partial charge < -0.3 is 14.3 Å². The van der Waals surface area contributed by atoms with Crippen LogP contribution in [0.4, 0.5) is 0 Å². The topological polar surface area (TPSA) is 116 Å². The lowest BCUT2D eigenvalue weighted by Crippen LogP contribution is -2.40. The van der Waals surface area contributed by atoms with Crippen LogP contribution in [0.1, 0.15) is 12.0 Å². The molecule has 10 nitrogen and oxygen atoms in total. The third-order valence-corrected chi connectivity index (χ3v) is 5.62. The number of benzene rings is 2. The predicted octanol–water partition coefficient (Wildman–Crippen LogP) is 2.68. The molecule has 2 N–H and O–H groups in total. The molecule has 178 valence electrons. The Labute approximate surface area is 199 Å². The summed E-state index contributed by atoms with van der Waals surface area (Å²) in [6, 6.07) is 14.5. The Morgan fingerprint density at radius 3 is 2.41 bits per heavy atom. The Balaban J connectivity index is 1.91. The molecule has 0 amide bonds.